The van der Waals surface area contributed by atoms with E-state index in [1.54, 1.807) is 12.2 Å². The third-order valence-electron chi connectivity index (χ3n) is 2.61. The first-order valence-electron chi connectivity index (χ1n) is 5.47. The third kappa shape index (κ3) is 2.54. The highest BCUT2D eigenvalue weighted by molar-refractivity contribution is 5.95. The highest BCUT2D eigenvalue weighted by atomic mass is 16.5. The Morgan fingerprint density at radius 3 is 2.71 bits per heavy atom. The van der Waals surface area contributed by atoms with Crippen LogP contribution < -0.4 is 0 Å². The second-order valence-electron chi connectivity index (χ2n) is 3.92. The van der Waals surface area contributed by atoms with Crippen molar-refractivity contribution in [3.05, 3.63) is 48.0 Å². The van der Waals surface area contributed by atoms with Gasteiger partial charge in [-0.3, -0.25) is 0 Å². The molecule has 0 fully saturated rings. The van der Waals surface area contributed by atoms with E-state index in [4.69, 9.17) is 9.84 Å². The van der Waals surface area contributed by atoms with E-state index in [1.807, 2.05) is 30.3 Å². The number of aliphatic hydroxyl groups is 2. The third-order valence-corrected chi connectivity index (χ3v) is 2.61. The van der Waals surface area contributed by atoms with Gasteiger partial charge in [-0.2, -0.15) is 0 Å². The Bertz CT molecular complexity index is 428. The molecular weight excluding hydrogens is 218 g/mol. The van der Waals surface area contributed by atoms with Gasteiger partial charge in [0.25, 0.3) is 0 Å². The van der Waals surface area contributed by atoms with Gasteiger partial charge in [-0.05, 0) is 12.1 Å². The van der Waals surface area contributed by atoms with Crippen molar-refractivity contribution >= 4 is 5.90 Å². The van der Waals surface area contributed by atoms with Gasteiger partial charge in [0.05, 0.1) is 13.2 Å². The van der Waals surface area contributed by atoms with Gasteiger partial charge in [-0.25, -0.2) is 4.99 Å². The summed E-state index contributed by atoms with van der Waals surface area (Å²) >= 11 is 0. The molecule has 1 aromatic carbocycles. The normalized spacial score (nSPS) is 23.8. The fraction of sp³-hybridized carbons (Fsp3) is 0.308. The molecule has 0 aromatic heterocycles. The number of benzene rings is 1. The van der Waals surface area contributed by atoms with Crippen molar-refractivity contribution in [1.29, 1.82) is 0 Å². The van der Waals surface area contributed by atoms with Gasteiger partial charge in [-0.15, -0.1) is 0 Å². The molecule has 0 saturated heterocycles. The molecule has 1 aromatic rings. The highest BCUT2D eigenvalue weighted by Gasteiger charge is 2.33. The number of ether oxygens (including phenoxy) is 1. The van der Waals surface area contributed by atoms with E-state index in [2.05, 4.69) is 4.99 Å². The molecule has 2 N–H and O–H groups in total. The Hall–Kier alpha value is -1.65. The molecule has 0 radical (unpaired) electrons. The smallest absolute Gasteiger partial charge is 0.217 e. The van der Waals surface area contributed by atoms with Crippen LogP contribution in [0, 0.1) is 0 Å². The quantitative estimate of drug-likeness (QED) is 0.754. The second-order valence-corrected chi connectivity index (χ2v) is 3.92. The lowest BCUT2D eigenvalue weighted by molar-refractivity contribution is 0.187. The Labute approximate surface area is 99.9 Å². The first-order valence-corrected chi connectivity index (χ1v) is 5.47. The van der Waals surface area contributed by atoms with E-state index >= 15 is 0 Å². The summed E-state index contributed by atoms with van der Waals surface area (Å²) in [5.41, 5.74) is 0.133. The van der Waals surface area contributed by atoms with Crippen molar-refractivity contribution in [2.45, 2.75) is 5.54 Å². The van der Waals surface area contributed by atoms with E-state index in [1.165, 1.54) is 0 Å². The molecule has 0 aliphatic carbocycles. The highest BCUT2D eigenvalue weighted by Crippen LogP contribution is 2.22. The van der Waals surface area contributed by atoms with Crippen LogP contribution in [-0.2, 0) is 4.74 Å². The molecule has 0 bridgehead atoms. The number of hydrogen-bond donors (Lipinski definition) is 2. The van der Waals surface area contributed by atoms with E-state index in [9.17, 15) is 5.11 Å². The summed E-state index contributed by atoms with van der Waals surface area (Å²) in [6.45, 7) is 0.0853. The van der Waals surface area contributed by atoms with E-state index in [-0.39, 0.29) is 13.2 Å². The average molecular weight is 233 g/mol. The molecule has 1 aliphatic rings. The molecular formula is C13H15NO3. The maximum Gasteiger partial charge on any atom is 0.217 e. The van der Waals surface area contributed by atoms with E-state index in [0.29, 0.717) is 12.5 Å². The fourth-order valence-corrected chi connectivity index (χ4v) is 1.68. The lowest BCUT2D eigenvalue weighted by Gasteiger charge is -2.15. The largest absolute Gasteiger partial charge is 0.474 e. The second kappa shape index (κ2) is 5.12. The van der Waals surface area contributed by atoms with Crippen LogP contribution in [0.1, 0.15) is 5.56 Å². The molecule has 17 heavy (non-hydrogen) atoms. The van der Waals surface area contributed by atoms with Crippen LogP contribution in [0.5, 0.6) is 0 Å². The monoisotopic (exact) mass is 233 g/mol. The molecule has 1 heterocycles. The van der Waals surface area contributed by atoms with Crippen LogP contribution in [0.3, 0.4) is 0 Å². The van der Waals surface area contributed by atoms with Crippen LogP contribution >= 0.6 is 0 Å². The van der Waals surface area contributed by atoms with Gasteiger partial charge >= 0.3 is 0 Å². The summed E-state index contributed by atoms with van der Waals surface area (Å²) < 4.78 is 5.50. The minimum atomic E-state index is -0.756. The first-order chi connectivity index (χ1) is 8.29. The van der Waals surface area contributed by atoms with Crippen molar-refractivity contribution in [3.8, 4) is 0 Å². The van der Waals surface area contributed by atoms with Crippen LogP contribution in [0.25, 0.3) is 0 Å². The van der Waals surface area contributed by atoms with Gasteiger partial charge in [0, 0.05) is 5.56 Å². The van der Waals surface area contributed by atoms with Crippen molar-refractivity contribution in [2.75, 3.05) is 19.8 Å². The standard InChI is InChI=1S/C13H15NO3/c15-8-4-7-13(9-16)10-17-12(14-13)11-5-2-1-3-6-11/h1-7,15-16H,8-10H2/b7-4+/t13-/m0/s1. The number of aliphatic hydroxyl groups excluding tert-OH is 2. The predicted octanol–water partition coefficient (Wildman–Crippen LogP) is 0.743. The van der Waals surface area contributed by atoms with Gasteiger partial charge in [-0.1, -0.05) is 30.4 Å². The molecule has 90 valence electrons. The average Bonchev–Trinajstić information content (AvgIpc) is 2.83. The SMILES string of the molecule is OC/C=C/[C@]1(CO)COC(c2ccccc2)=N1. The summed E-state index contributed by atoms with van der Waals surface area (Å²) in [7, 11) is 0. The topological polar surface area (TPSA) is 62.0 Å². The van der Waals surface area contributed by atoms with Gasteiger partial charge < -0.3 is 14.9 Å². The summed E-state index contributed by atoms with van der Waals surface area (Å²) in [5.74, 6) is 0.530. The summed E-state index contributed by atoms with van der Waals surface area (Å²) in [6, 6.07) is 9.54. The van der Waals surface area contributed by atoms with Crippen LogP contribution in [-0.4, -0.2) is 41.5 Å². The molecule has 4 nitrogen and oxygen atoms in total. The maximum atomic E-state index is 9.39. The molecule has 1 aliphatic heterocycles. The van der Waals surface area contributed by atoms with Gasteiger partial charge in [0.2, 0.25) is 5.90 Å². The number of aliphatic imine (C=N–C) groups is 1. The van der Waals surface area contributed by atoms with Crippen LogP contribution in [0.4, 0.5) is 0 Å². The number of hydrogen-bond acceptors (Lipinski definition) is 4. The molecule has 2 rings (SSSR count). The zero-order valence-corrected chi connectivity index (χ0v) is 9.41. The molecule has 1 atom stereocenters. The van der Waals surface area contributed by atoms with Crippen molar-refractivity contribution in [2.24, 2.45) is 4.99 Å². The zero-order valence-electron chi connectivity index (χ0n) is 9.41. The van der Waals surface area contributed by atoms with Crippen molar-refractivity contribution < 1.29 is 14.9 Å². The van der Waals surface area contributed by atoms with Crippen LogP contribution in [0.2, 0.25) is 0 Å². The van der Waals surface area contributed by atoms with E-state index in [0.717, 1.165) is 5.56 Å². The Balaban J connectivity index is 2.25. The minimum absolute atomic E-state index is 0.0715. The fourth-order valence-electron chi connectivity index (χ4n) is 1.68. The Morgan fingerprint density at radius 2 is 2.06 bits per heavy atom. The van der Waals surface area contributed by atoms with Crippen molar-refractivity contribution in [1.82, 2.24) is 0 Å². The number of rotatable bonds is 4. The van der Waals surface area contributed by atoms with Crippen LogP contribution in [0.15, 0.2) is 47.5 Å². The van der Waals surface area contributed by atoms with E-state index < -0.39 is 5.54 Å². The molecule has 0 amide bonds. The lowest BCUT2D eigenvalue weighted by atomic mass is 10.0. The molecule has 0 spiro atoms. The summed E-state index contributed by atoms with van der Waals surface area (Å²) in [5, 5.41) is 18.1. The molecule has 0 saturated carbocycles. The van der Waals surface area contributed by atoms with Gasteiger partial charge in [0.15, 0.2) is 0 Å². The predicted molar refractivity (Wildman–Crippen MR) is 65.0 cm³/mol. The zero-order chi connectivity index (χ0) is 12.1. The van der Waals surface area contributed by atoms with Gasteiger partial charge in [0.1, 0.15) is 12.1 Å². The Kier molecular flexibility index (Phi) is 3.56. The minimum Gasteiger partial charge on any atom is -0.474 e. The lowest BCUT2D eigenvalue weighted by Crippen LogP contribution is -2.30. The van der Waals surface area contributed by atoms with Crippen molar-refractivity contribution in [3.63, 3.8) is 0 Å². The first kappa shape index (κ1) is 11.8. The number of nitrogens with zero attached hydrogens (tertiary/aromatic N) is 1. The maximum absolute atomic E-state index is 9.39. The molecule has 4 heteroatoms. The molecule has 0 unspecified atom stereocenters. The Morgan fingerprint density at radius 1 is 1.29 bits per heavy atom. The summed E-state index contributed by atoms with van der Waals surface area (Å²) in [4.78, 5) is 4.39. The summed E-state index contributed by atoms with van der Waals surface area (Å²) in [6.07, 6.45) is 3.25.